The van der Waals surface area contributed by atoms with Crippen LogP contribution in [0.5, 0.6) is 0 Å². The summed E-state index contributed by atoms with van der Waals surface area (Å²) in [6.45, 7) is 1.17. The van der Waals surface area contributed by atoms with Crippen molar-refractivity contribution in [2.45, 2.75) is 24.6 Å². The van der Waals surface area contributed by atoms with Crippen molar-refractivity contribution in [3.63, 3.8) is 0 Å². The second-order valence-corrected chi connectivity index (χ2v) is 7.75. The third kappa shape index (κ3) is 3.32. The van der Waals surface area contributed by atoms with Gasteiger partial charge in [0.1, 0.15) is 0 Å². The van der Waals surface area contributed by atoms with Crippen molar-refractivity contribution in [3.05, 3.63) is 75.8 Å². The van der Waals surface area contributed by atoms with Crippen LogP contribution >= 0.6 is 11.6 Å². The van der Waals surface area contributed by atoms with Crippen LogP contribution in [0.25, 0.3) is 6.08 Å². The van der Waals surface area contributed by atoms with Gasteiger partial charge in [-0.25, -0.2) is 0 Å². The monoisotopic (exact) mass is 434 g/mol. The summed E-state index contributed by atoms with van der Waals surface area (Å²) in [6, 6.07) is 9.94. The zero-order chi connectivity index (χ0) is 21.5. The van der Waals surface area contributed by atoms with Crippen LogP contribution in [0.2, 0.25) is 5.02 Å². The highest BCUT2D eigenvalue weighted by atomic mass is 35.5. The Bertz CT molecular complexity index is 1040. The molecule has 1 spiro atoms. The molecule has 2 amide bonds. The fourth-order valence-corrected chi connectivity index (χ4v) is 4.71. The Kier molecular flexibility index (Phi) is 5.20. The minimum absolute atomic E-state index is 0.139. The van der Waals surface area contributed by atoms with Crippen LogP contribution in [0, 0.1) is 0 Å². The van der Waals surface area contributed by atoms with Crippen molar-refractivity contribution in [3.8, 4) is 0 Å². The van der Waals surface area contributed by atoms with Crippen molar-refractivity contribution in [1.82, 2.24) is 10.2 Å². The Morgan fingerprint density at radius 3 is 2.50 bits per heavy atom. The molecule has 4 nitrogen and oxygen atoms in total. The van der Waals surface area contributed by atoms with Crippen molar-refractivity contribution in [1.29, 1.82) is 0 Å². The van der Waals surface area contributed by atoms with Crippen LogP contribution in [-0.4, -0.2) is 29.8 Å². The molecule has 8 heteroatoms. The predicted octanol–water partition coefficient (Wildman–Crippen LogP) is 4.63. The van der Waals surface area contributed by atoms with E-state index in [2.05, 4.69) is 5.32 Å². The van der Waals surface area contributed by atoms with E-state index in [9.17, 15) is 22.8 Å². The lowest BCUT2D eigenvalue weighted by atomic mass is 9.81. The number of alkyl halides is 3. The topological polar surface area (TPSA) is 49.4 Å². The lowest BCUT2D eigenvalue weighted by Crippen LogP contribution is -2.52. The summed E-state index contributed by atoms with van der Waals surface area (Å²) in [5.74, 6) is -1.14. The summed E-state index contributed by atoms with van der Waals surface area (Å²) in [7, 11) is 0. The first kappa shape index (κ1) is 20.6. The van der Waals surface area contributed by atoms with Gasteiger partial charge < -0.3 is 5.32 Å². The second kappa shape index (κ2) is 7.56. The van der Waals surface area contributed by atoms with Gasteiger partial charge in [0.05, 0.1) is 11.1 Å². The van der Waals surface area contributed by atoms with Gasteiger partial charge in [-0.3, -0.25) is 14.5 Å². The maximum absolute atomic E-state index is 13.2. The summed E-state index contributed by atoms with van der Waals surface area (Å²) in [5, 5.41) is 3.61. The average molecular weight is 435 g/mol. The summed E-state index contributed by atoms with van der Waals surface area (Å²) in [4.78, 5) is 27.4. The largest absolute Gasteiger partial charge is 0.416 e. The number of nitrogens with zero attached hydrogens (tertiary/aromatic N) is 1. The first-order valence-electron chi connectivity index (χ1n) is 9.48. The van der Waals surface area contributed by atoms with Crippen LogP contribution in [0.3, 0.4) is 0 Å². The summed E-state index contributed by atoms with van der Waals surface area (Å²) < 4.78 is 39.7. The molecular formula is C22H18ClF3N2O2. The molecule has 2 aromatic rings. The molecule has 0 radical (unpaired) electrons. The minimum atomic E-state index is -4.55. The number of halogens is 4. The van der Waals surface area contributed by atoms with Crippen LogP contribution in [0.15, 0.2) is 48.5 Å². The number of imide groups is 1. The molecule has 4 rings (SSSR count). The maximum atomic E-state index is 13.2. The van der Waals surface area contributed by atoms with E-state index in [1.165, 1.54) is 18.2 Å². The zero-order valence-electron chi connectivity index (χ0n) is 15.8. The smallest absolute Gasteiger partial charge is 0.317 e. The summed E-state index contributed by atoms with van der Waals surface area (Å²) in [6.07, 6.45) is -1.44. The van der Waals surface area contributed by atoms with E-state index in [1.54, 1.807) is 18.2 Å². The van der Waals surface area contributed by atoms with Crippen molar-refractivity contribution in [2.24, 2.45) is 0 Å². The van der Waals surface area contributed by atoms with E-state index >= 15 is 0 Å². The molecule has 156 valence electrons. The highest BCUT2D eigenvalue weighted by Crippen LogP contribution is 2.48. The van der Waals surface area contributed by atoms with Crippen LogP contribution in [0.1, 0.15) is 39.9 Å². The minimum Gasteiger partial charge on any atom is -0.317 e. The number of hydrogen-bond donors (Lipinski definition) is 1. The first-order valence-corrected chi connectivity index (χ1v) is 9.86. The number of rotatable bonds is 2. The Morgan fingerprint density at radius 1 is 1.10 bits per heavy atom. The fraction of sp³-hybridized carbons (Fsp3) is 0.273. The number of nitrogens with one attached hydrogen (secondary N) is 1. The molecule has 2 aliphatic rings. The Hall–Kier alpha value is -2.64. The fourth-order valence-electron chi connectivity index (χ4n) is 4.36. The van der Waals surface area contributed by atoms with Crippen LogP contribution < -0.4 is 5.32 Å². The van der Waals surface area contributed by atoms with Crippen LogP contribution in [0.4, 0.5) is 13.2 Å². The van der Waals surface area contributed by atoms with E-state index in [-0.39, 0.29) is 5.56 Å². The SMILES string of the molecule is O=C(/C=C/c1ccccc1C(F)(F)F)N1C(=O)c2cccc(Cl)c2C12CCNCC2. The number of amides is 2. The van der Waals surface area contributed by atoms with Gasteiger partial charge in [0.2, 0.25) is 0 Å². The number of carbonyl (C=O) groups excluding carboxylic acids is 2. The lowest BCUT2D eigenvalue weighted by molar-refractivity contribution is -0.137. The van der Waals surface area contributed by atoms with Crippen LogP contribution in [-0.2, 0) is 16.5 Å². The number of fused-ring (bicyclic) bond motifs is 2. The normalized spacial score (nSPS) is 18.3. The van der Waals surface area contributed by atoms with Gasteiger partial charge in [-0.05, 0) is 55.8 Å². The molecule has 2 aromatic carbocycles. The van der Waals surface area contributed by atoms with Gasteiger partial charge >= 0.3 is 6.18 Å². The van der Waals surface area contributed by atoms with Gasteiger partial charge in [0, 0.05) is 22.2 Å². The Labute approximate surface area is 176 Å². The first-order chi connectivity index (χ1) is 14.3. The van der Waals surface area contributed by atoms with E-state index in [1.807, 2.05) is 0 Å². The van der Waals surface area contributed by atoms with Crippen molar-refractivity contribution >= 4 is 29.5 Å². The van der Waals surface area contributed by atoms with Gasteiger partial charge in [-0.2, -0.15) is 13.2 Å². The molecule has 2 heterocycles. The second-order valence-electron chi connectivity index (χ2n) is 7.34. The van der Waals surface area contributed by atoms with E-state index in [0.29, 0.717) is 42.1 Å². The molecule has 0 unspecified atom stereocenters. The predicted molar refractivity (Wildman–Crippen MR) is 107 cm³/mol. The quantitative estimate of drug-likeness (QED) is 0.701. The molecule has 1 N–H and O–H groups in total. The van der Waals surface area contributed by atoms with Crippen molar-refractivity contribution < 1.29 is 22.8 Å². The molecule has 1 fully saturated rings. The van der Waals surface area contributed by atoms with Crippen molar-refractivity contribution in [2.75, 3.05) is 13.1 Å². The Balaban J connectivity index is 1.74. The molecule has 30 heavy (non-hydrogen) atoms. The maximum Gasteiger partial charge on any atom is 0.416 e. The van der Waals surface area contributed by atoms with Gasteiger partial charge in [0.25, 0.3) is 11.8 Å². The molecule has 2 aliphatic heterocycles. The van der Waals surface area contributed by atoms with Gasteiger partial charge in [0.15, 0.2) is 0 Å². The molecular weight excluding hydrogens is 417 g/mol. The van der Waals surface area contributed by atoms with E-state index in [4.69, 9.17) is 11.6 Å². The molecule has 0 atom stereocenters. The van der Waals surface area contributed by atoms with Gasteiger partial charge in [-0.1, -0.05) is 35.9 Å². The highest BCUT2D eigenvalue weighted by molar-refractivity contribution is 6.32. The molecule has 1 saturated heterocycles. The highest BCUT2D eigenvalue weighted by Gasteiger charge is 2.53. The third-order valence-corrected chi connectivity index (χ3v) is 5.98. The molecule has 0 aliphatic carbocycles. The third-order valence-electron chi connectivity index (χ3n) is 5.66. The molecule has 0 saturated carbocycles. The number of piperidine rings is 1. The Morgan fingerprint density at radius 2 is 1.80 bits per heavy atom. The molecule has 0 aromatic heterocycles. The zero-order valence-corrected chi connectivity index (χ0v) is 16.6. The standard InChI is InChI=1S/C22H18ClF3N2O2/c23-17-7-3-5-15-19(17)21(10-12-27-13-11-21)28(20(15)30)18(29)9-8-14-4-1-2-6-16(14)22(24,25)26/h1-9,27H,10-13H2/b9-8+. The summed E-state index contributed by atoms with van der Waals surface area (Å²) in [5.41, 5.74) is -0.900. The average Bonchev–Trinajstić information content (AvgIpc) is 2.95. The summed E-state index contributed by atoms with van der Waals surface area (Å²) >= 11 is 6.42. The lowest BCUT2D eigenvalue weighted by Gasteiger charge is -2.41. The van der Waals surface area contributed by atoms with Gasteiger partial charge in [-0.15, -0.1) is 0 Å². The number of carbonyl (C=O) groups is 2. The van der Waals surface area contributed by atoms with E-state index < -0.39 is 29.1 Å². The van der Waals surface area contributed by atoms with E-state index in [0.717, 1.165) is 23.1 Å². The number of benzene rings is 2. The number of hydrogen-bond acceptors (Lipinski definition) is 3. The molecule has 0 bridgehead atoms.